The van der Waals surface area contributed by atoms with Crippen LogP contribution in [0, 0.1) is 17.7 Å². The molecule has 2 heterocycles. The van der Waals surface area contributed by atoms with Gasteiger partial charge in [-0.05, 0) is 48.4 Å². The van der Waals surface area contributed by atoms with Gasteiger partial charge in [0.25, 0.3) is 11.1 Å². The molecule has 0 radical (unpaired) electrons. The zero-order valence-corrected chi connectivity index (χ0v) is 15.9. The monoisotopic (exact) mass is 388 g/mol. The molecule has 1 aromatic carbocycles. The molecule has 1 saturated carbocycles. The third-order valence-electron chi connectivity index (χ3n) is 5.74. The van der Waals surface area contributed by atoms with Gasteiger partial charge in [-0.2, -0.15) is 0 Å². The summed E-state index contributed by atoms with van der Waals surface area (Å²) in [5.74, 6) is 1.39. The summed E-state index contributed by atoms with van der Waals surface area (Å²) < 4.78 is 15.2. The van der Waals surface area contributed by atoms with Gasteiger partial charge in [-0.15, -0.1) is 0 Å². The summed E-state index contributed by atoms with van der Waals surface area (Å²) in [5, 5.41) is -0.261. The van der Waals surface area contributed by atoms with Gasteiger partial charge in [-0.1, -0.05) is 25.0 Å². The van der Waals surface area contributed by atoms with Crippen molar-refractivity contribution in [1.29, 1.82) is 0 Å². The largest absolute Gasteiger partial charge is 0.293 e. The summed E-state index contributed by atoms with van der Waals surface area (Å²) in [6.45, 7) is 1.85. The molecule has 2 atom stereocenters. The molecular weight excluding hydrogens is 365 g/mol. The number of amides is 2. The second kappa shape index (κ2) is 7.46. The van der Waals surface area contributed by atoms with Crippen molar-refractivity contribution in [2.45, 2.75) is 25.7 Å². The Bertz CT molecular complexity index is 834. The number of rotatable bonds is 4. The van der Waals surface area contributed by atoms with Gasteiger partial charge in [-0.25, -0.2) is 4.39 Å². The second-order valence-corrected chi connectivity index (χ2v) is 8.40. The van der Waals surface area contributed by atoms with E-state index in [-0.39, 0.29) is 17.0 Å². The number of hydrogen-bond donors (Lipinski definition) is 1. The number of benzene rings is 1. The summed E-state index contributed by atoms with van der Waals surface area (Å²) in [5.41, 5.74) is 7.03. The molecule has 0 unspecified atom stereocenters. The smallest absolute Gasteiger partial charge is 0.291 e. The third kappa shape index (κ3) is 3.65. The average molecular weight is 388 g/mol. The number of hydrogen-bond acceptors (Lipinski definition) is 4. The highest BCUT2D eigenvalue weighted by atomic mass is 32.2. The number of nitrogens with zero attached hydrogens (tertiary/aromatic N) is 2. The van der Waals surface area contributed by atoms with Crippen molar-refractivity contribution in [3.63, 3.8) is 0 Å². The first kappa shape index (κ1) is 18.2. The predicted molar refractivity (Wildman–Crippen MR) is 104 cm³/mol. The fourth-order valence-electron chi connectivity index (χ4n) is 4.28. The van der Waals surface area contributed by atoms with E-state index in [1.54, 1.807) is 18.2 Å². The van der Waals surface area contributed by atoms with E-state index < -0.39 is 0 Å². The van der Waals surface area contributed by atoms with Crippen LogP contribution in [0.25, 0.3) is 6.08 Å². The lowest BCUT2D eigenvalue weighted by Gasteiger charge is -2.21. The zero-order valence-electron chi connectivity index (χ0n) is 15.1. The van der Waals surface area contributed by atoms with Gasteiger partial charge in [0.1, 0.15) is 12.4 Å². The van der Waals surface area contributed by atoms with E-state index in [1.165, 1.54) is 36.3 Å². The quantitative estimate of drug-likeness (QED) is 0.636. The summed E-state index contributed by atoms with van der Waals surface area (Å²) in [6.07, 6.45) is 6.49. The van der Waals surface area contributed by atoms with E-state index in [9.17, 15) is 14.0 Å². The Kier molecular flexibility index (Phi) is 5.04. The molecule has 2 amide bonds. The van der Waals surface area contributed by atoms with E-state index in [1.807, 2.05) is 0 Å². The number of thioether (sulfide) groups is 1. The van der Waals surface area contributed by atoms with E-state index in [0.29, 0.717) is 35.4 Å². The highest BCUT2D eigenvalue weighted by Crippen LogP contribution is 2.35. The molecule has 2 N–H and O–H groups in total. The van der Waals surface area contributed by atoms with E-state index in [0.717, 1.165) is 30.6 Å². The summed E-state index contributed by atoms with van der Waals surface area (Å²) in [4.78, 5) is 26.6. The minimum Gasteiger partial charge on any atom is -0.291 e. The molecule has 7 heteroatoms. The minimum atomic E-state index is -0.333. The molecule has 0 spiro atoms. The van der Waals surface area contributed by atoms with Crippen molar-refractivity contribution >= 4 is 34.8 Å². The predicted octanol–water partition coefficient (Wildman–Crippen LogP) is 3.05. The van der Waals surface area contributed by atoms with Crippen molar-refractivity contribution in [3.8, 4) is 0 Å². The van der Waals surface area contributed by atoms with Crippen LogP contribution in [0.4, 0.5) is 9.18 Å². The van der Waals surface area contributed by atoms with E-state index in [4.69, 9.17) is 5.73 Å². The average Bonchev–Trinajstić information content (AvgIpc) is 3.12. The molecule has 27 heavy (non-hydrogen) atoms. The van der Waals surface area contributed by atoms with Crippen LogP contribution in [0.15, 0.2) is 29.2 Å². The number of carbonyl (C=O) groups excluding carboxylic acids is 2. The standard InChI is InChI=1S/C20H22FN3O2S/c21-15-7-5-13(6-8-15)11-17-19(25)24(20(26)27-17)10-9-23-12-14-3-1-2-4-16(14)18(23)22/h5-8,11,14,16,22H,1-4,9-10,12H2/p+1/b17-11-/t14-,16-/m0/s1. The van der Waals surface area contributed by atoms with Gasteiger partial charge >= 0.3 is 0 Å². The lowest BCUT2D eigenvalue weighted by molar-refractivity contribution is -0.525. The lowest BCUT2D eigenvalue weighted by atomic mass is 9.80. The highest BCUT2D eigenvalue weighted by Gasteiger charge is 2.41. The van der Waals surface area contributed by atoms with Crippen molar-refractivity contribution in [2.75, 3.05) is 19.6 Å². The maximum absolute atomic E-state index is 13.0. The Hall–Kier alpha value is -2.15. The number of amidine groups is 1. The van der Waals surface area contributed by atoms with Crippen LogP contribution in [-0.2, 0) is 4.79 Å². The minimum absolute atomic E-state index is 0.261. The van der Waals surface area contributed by atoms with E-state index >= 15 is 0 Å². The van der Waals surface area contributed by atoms with Crippen LogP contribution in [0.5, 0.6) is 0 Å². The Morgan fingerprint density at radius 2 is 1.96 bits per heavy atom. The molecule has 4 rings (SSSR count). The van der Waals surface area contributed by atoms with Gasteiger partial charge in [-0.3, -0.25) is 24.8 Å². The molecule has 5 nitrogen and oxygen atoms in total. The van der Waals surface area contributed by atoms with Gasteiger partial charge < -0.3 is 0 Å². The Balaban J connectivity index is 1.42. The van der Waals surface area contributed by atoms with Gasteiger partial charge in [0.15, 0.2) is 0 Å². The summed E-state index contributed by atoms with van der Waals surface area (Å²) in [6, 6.07) is 5.85. The maximum Gasteiger partial charge on any atom is 0.293 e. The SMILES string of the molecule is NC1=[N+](CCN2C(=O)S/C(=C\c3ccc(F)cc3)C2=O)C[C@@H]2CCCC[C@H]12. The number of halogens is 1. The van der Waals surface area contributed by atoms with Crippen LogP contribution in [-0.4, -0.2) is 46.1 Å². The molecule has 0 bridgehead atoms. The van der Waals surface area contributed by atoms with Crippen LogP contribution in [0.3, 0.4) is 0 Å². The zero-order chi connectivity index (χ0) is 19.0. The Morgan fingerprint density at radius 3 is 2.70 bits per heavy atom. The van der Waals surface area contributed by atoms with Crippen LogP contribution >= 0.6 is 11.8 Å². The topological polar surface area (TPSA) is 66.4 Å². The number of imide groups is 1. The highest BCUT2D eigenvalue weighted by molar-refractivity contribution is 8.18. The molecule has 2 fully saturated rings. The van der Waals surface area contributed by atoms with Gasteiger partial charge in [0.05, 0.1) is 23.9 Å². The fraction of sp³-hybridized carbons (Fsp3) is 0.450. The molecule has 1 aromatic rings. The molecule has 2 aliphatic heterocycles. The van der Waals surface area contributed by atoms with Crippen molar-refractivity contribution in [2.24, 2.45) is 17.6 Å². The number of nitrogens with two attached hydrogens (primary N) is 1. The summed E-state index contributed by atoms with van der Waals surface area (Å²) >= 11 is 0.932. The first-order chi connectivity index (χ1) is 13.0. The van der Waals surface area contributed by atoms with Crippen LogP contribution in [0.1, 0.15) is 31.2 Å². The molecule has 3 aliphatic rings. The maximum atomic E-state index is 13.0. The first-order valence-corrected chi connectivity index (χ1v) is 10.2. The molecular formula is C20H23FN3O2S+. The Morgan fingerprint density at radius 1 is 1.22 bits per heavy atom. The van der Waals surface area contributed by atoms with Crippen LogP contribution < -0.4 is 5.73 Å². The van der Waals surface area contributed by atoms with E-state index in [2.05, 4.69) is 4.58 Å². The summed E-state index contributed by atoms with van der Waals surface area (Å²) in [7, 11) is 0. The van der Waals surface area contributed by atoms with Crippen molar-refractivity contribution < 1.29 is 18.6 Å². The molecule has 142 valence electrons. The molecule has 0 aromatic heterocycles. The van der Waals surface area contributed by atoms with Crippen molar-refractivity contribution in [1.82, 2.24) is 4.90 Å². The second-order valence-electron chi connectivity index (χ2n) is 7.41. The first-order valence-electron chi connectivity index (χ1n) is 9.41. The molecule has 1 saturated heterocycles. The van der Waals surface area contributed by atoms with Crippen LogP contribution in [0.2, 0.25) is 0 Å². The van der Waals surface area contributed by atoms with Crippen molar-refractivity contribution in [3.05, 3.63) is 40.6 Å². The fourth-order valence-corrected chi connectivity index (χ4v) is 5.15. The number of carbonyl (C=O) groups is 2. The number of fused-ring (bicyclic) bond motifs is 1. The lowest BCUT2D eigenvalue weighted by Crippen LogP contribution is -2.36. The van der Waals surface area contributed by atoms with Gasteiger partial charge in [0.2, 0.25) is 5.84 Å². The normalized spacial score (nSPS) is 27.0. The van der Waals surface area contributed by atoms with Gasteiger partial charge in [0, 0.05) is 5.92 Å². The molecule has 1 aliphatic carbocycles. The third-order valence-corrected chi connectivity index (χ3v) is 6.65. The Labute approximate surface area is 162 Å².